The minimum absolute atomic E-state index is 0.249. The largest absolute Gasteiger partial charge is 0.380 e. The van der Waals surface area contributed by atoms with E-state index in [1.807, 2.05) is 12.4 Å². The van der Waals surface area contributed by atoms with Crippen molar-refractivity contribution in [3.8, 4) is 0 Å². The number of pyridine rings is 1. The fourth-order valence-electron chi connectivity index (χ4n) is 2.95. The van der Waals surface area contributed by atoms with Crippen LogP contribution in [-0.2, 0) is 4.74 Å². The van der Waals surface area contributed by atoms with Crippen molar-refractivity contribution in [3.63, 3.8) is 0 Å². The topological polar surface area (TPSA) is 51.4 Å². The number of piperidine rings is 1. The van der Waals surface area contributed by atoms with E-state index >= 15 is 0 Å². The van der Waals surface area contributed by atoms with E-state index in [-0.39, 0.29) is 6.04 Å². The molecule has 1 aromatic heterocycles. The van der Waals surface area contributed by atoms with Gasteiger partial charge in [-0.1, -0.05) is 6.92 Å². The van der Waals surface area contributed by atoms with Gasteiger partial charge in [0.2, 0.25) is 0 Å². The Morgan fingerprint density at radius 1 is 1.58 bits per heavy atom. The molecule has 1 aromatic rings. The second-order valence-electron chi connectivity index (χ2n) is 5.52. The lowest BCUT2D eigenvalue weighted by Crippen LogP contribution is -2.47. The molecule has 0 saturated carbocycles. The highest BCUT2D eigenvalue weighted by Crippen LogP contribution is 2.28. The molecule has 0 aliphatic carbocycles. The minimum Gasteiger partial charge on any atom is -0.380 e. The van der Waals surface area contributed by atoms with E-state index in [1.54, 1.807) is 7.11 Å². The molecule has 4 nitrogen and oxygen atoms in total. The van der Waals surface area contributed by atoms with Crippen molar-refractivity contribution < 1.29 is 4.74 Å². The van der Waals surface area contributed by atoms with Crippen LogP contribution >= 0.6 is 0 Å². The summed E-state index contributed by atoms with van der Waals surface area (Å²) in [5.74, 6) is 0.620. The molecule has 1 fully saturated rings. The molecule has 2 N–H and O–H groups in total. The van der Waals surface area contributed by atoms with Gasteiger partial charge in [0, 0.05) is 38.6 Å². The van der Waals surface area contributed by atoms with Crippen LogP contribution in [-0.4, -0.2) is 42.7 Å². The SMILES string of the molecule is COC1CN(C(CN)c2cnccc2C)CCC1C. The number of rotatable bonds is 4. The Kier molecular flexibility index (Phi) is 4.91. The Balaban J connectivity index is 2.16. The summed E-state index contributed by atoms with van der Waals surface area (Å²) in [6, 6.07) is 2.30. The molecular weight excluding hydrogens is 238 g/mol. The van der Waals surface area contributed by atoms with Gasteiger partial charge in [0.25, 0.3) is 0 Å². The summed E-state index contributed by atoms with van der Waals surface area (Å²) in [5.41, 5.74) is 8.52. The molecule has 2 heterocycles. The van der Waals surface area contributed by atoms with E-state index in [0.29, 0.717) is 18.6 Å². The van der Waals surface area contributed by atoms with E-state index in [4.69, 9.17) is 10.5 Å². The Morgan fingerprint density at radius 3 is 3.00 bits per heavy atom. The third-order valence-corrected chi connectivity index (χ3v) is 4.33. The van der Waals surface area contributed by atoms with E-state index in [2.05, 4.69) is 29.8 Å². The highest BCUT2D eigenvalue weighted by molar-refractivity contribution is 5.25. The van der Waals surface area contributed by atoms with Gasteiger partial charge in [0.1, 0.15) is 0 Å². The molecule has 3 atom stereocenters. The van der Waals surface area contributed by atoms with Crippen LogP contribution < -0.4 is 5.73 Å². The first-order valence-electron chi connectivity index (χ1n) is 7.04. The van der Waals surface area contributed by atoms with Crippen molar-refractivity contribution in [2.24, 2.45) is 11.7 Å². The van der Waals surface area contributed by atoms with Crippen molar-refractivity contribution in [2.75, 3.05) is 26.7 Å². The second-order valence-corrected chi connectivity index (χ2v) is 5.52. The minimum atomic E-state index is 0.249. The fourth-order valence-corrected chi connectivity index (χ4v) is 2.95. The van der Waals surface area contributed by atoms with Crippen LogP contribution in [0.1, 0.15) is 30.5 Å². The highest BCUT2D eigenvalue weighted by atomic mass is 16.5. The smallest absolute Gasteiger partial charge is 0.0724 e. The average Bonchev–Trinajstić information content (AvgIpc) is 2.43. The number of hydrogen-bond acceptors (Lipinski definition) is 4. The number of methoxy groups -OCH3 is 1. The van der Waals surface area contributed by atoms with Crippen LogP contribution in [0.5, 0.6) is 0 Å². The van der Waals surface area contributed by atoms with Gasteiger partial charge in [-0.2, -0.15) is 0 Å². The van der Waals surface area contributed by atoms with Crippen LogP contribution in [0.2, 0.25) is 0 Å². The van der Waals surface area contributed by atoms with Gasteiger partial charge in [-0.05, 0) is 43.0 Å². The predicted molar refractivity (Wildman–Crippen MR) is 76.9 cm³/mol. The van der Waals surface area contributed by atoms with Crippen molar-refractivity contribution in [2.45, 2.75) is 32.4 Å². The van der Waals surface area contributed by atoms with Crippen LogP contribution in [0, 0.1) is 12.8 Å². The number of aryl methyl sites for hydroxylation is 1. The normalized spacial score (nSPS) is 26.3. The lowest BCUT2D eigenvalue weighted by molar-refractivity contribution is -0.0184. The zero-order valence-corrected chi connectivity index (χ0v) is 12.2. The number of nitrogens with two attached hydrogens (primary N) is 1. The van der Waals surface area contributed by atoms with Crippen LogP contribution in [0.3, 0.4) is 0 Å². The Bertz CT molecular complexity index is 410. The first-order chi connectivity index (χ1) is 9.17. The van der Waals surface area contributed by atoms with E-state index in [1.165, 1.54) is 11.1 Å². The fraction of sp³-hybridized carbons (Fsp3) is 0.667. The van der Waals surface area contributed by atoms with E-state index in [0.717, 1.165) is 19.5 Å². The summed E-state index contributed by atoms with van der Waals surface area (Å²) in [4.78, 5) is 6.69. The van der Waals surface area contributed by atoms with E-state index in [9.17, 15) is 0 Å². The lowest BCUT2D eigenvalue weighted by atomic mass is 9.92. The third-order valence-electron chi connectivity index (χ3n) is 4.33. The summed E-state index contributed by atoms with van der Waals surface area (Å²) in [6.45, 7) is 7.04. The molecule has 1 aliphatic heterocycles. The lowest BCUT2D eigenvalue weighted by Gasteiger charge is -2.40. The number of nitrogens with zero attached hydrogens (tertiary/aromatic N) is 2. The number of ether oxygens (including phenoxy) is 1. The molecule has 1 saturated heterocycles. The van der Waals surface area contributed by atoms with Gasteiger partial charge in [-0.25, -0.2) is 0 Å². The van der Waals surface area contributed by atoms with Crippen LogP contribution in [0.4, 0.5) is 0 Å². The van der Waals surface area contributed by atoms with Gasteiger partial charge in [-0.15, -0.1) is 0 Å². The van der Waals surface area contributed by atoms with Crippen molar-refractivity contribution in [1.82, 2.24) is 9.88 Å². The maximum atomic E-state index is 6.02. The van der Waals surface area contributed by atoms with Crippen molar-refractivity contribution in [1.29, 1.82) is 0 Å². The first-order valence-corrected chi connectivity index (χ1v) is 7.04. The van der Waals surface area contributed by atoms with Crippen molar-refractivity contribution in [3.05, 3.63) is 29.6 Å². The molecule has 0 aromatic carbocycles. The zero-order chi connectivity index (χ0) is 13.8. The summed E-state index contributed by atoms with van der Waals surface area (Å²) >= 11 is 0. The zero-order valence-electron chi connectivity index (χ0n) is 12.2. The number of aromatic nitrogens is 1. The molecular formula is C15H25N3O. The Morgan fingerprint density at radius 2 is 2.37 bits per heavy atom. The van der Waals surface area contributed by atoms with Gasteiger partial charge in [0.15, 0.2) is 0 Å². The molecule has 4 heteroatoms. The molecule has 1 aliphatic rings. The highest BCUT2D eigenvalue weighted by Gasteiger charge is 2.30. The molecule has 2 rings (SSSR count). The van der Waals surface area contributed by atoms with Gasteiger partial charge >= 0.3 is 0 Å². The third kappa shape index (κ3) is 3.14. The van der Waals surface area contributed by atoms with Gasteiger partial charge in [0.05, 0.1) is 6.10 Å². The van der Waals surface area contributed by atoms with Crippen molar-refractivity contribution >= 4 is 0 Å². The Labute approximate surface area is 116 Å². The van der Waals surface area contributed by atoms with Gasteiger partial charge in [-0.3, -0.25) is 9.88 Å². The molecule has 0 radical (unpaired) electrons. The molecule has 0 spiro atoms. The number of hydrogen-bond donors (Lipinski definition) is 1. The molecule has 3 unspecified atom stereocenters. The predicted octanol–water partition coefficient (Wildman–Crippen LogP) is 1.75. The monoisotopic (exact) mass is 263 g/mol. The molecule has 19 heavy (non-hydrogen) atoms. The Hall–Kier alpha value is -0.970. The number of likely N-dealkylation sites (tertiary alicyclic amines) is 1. The summed E-state index contributed by atoms with van der Waals surface area (Å²) < 4.78 is 5.60. The standard InChI is InChI=1S/C15H25N3O/c1-11-4-6-17-9-13(11)14(8-16)18-7-5-12(2)15(10-18)19-3/h4,6,9,12,14-15H,5,7-8,10,16H2,1-3H3. The quantitative estimate of drug-likeness (QED) is 0.899. The maximum absolute atomic E-state index is 6.02. The van der Waals surface area contributed by atoms with Crippen LogP contribution in [0.15, 0.2) is 18.5 Å². The van der Waals surface area contributed by atoms with Gasteiger partial charge < -0.3 is 10.5 Å². The maximum Gasteiger partial charge on any atom is 0.0724 e. The summed E-state index contributed by atoms with van der Waals surface area (Å²) in [7, 11) is 1.80. The molecule has 106 valence electrons. The van der Waals surface area contributed by atoms with E-state index < -0.39 is 0 Å². The summed E-state index contributed by atoms with van der Waals surface area (Å²) in [6.07, 6.45) is 5.25. The summed E-state index contributed by atoms with van der Waals surface area (Å²) in [5, 5.41) is 0. The molecule has 0 amide bonds. The van der Waals surface area contributed by atoms with Crippen LogP contribution in [0.25, 0.3) is 0 Å². The first kappa shape index (κ1) is 14.4. The molecule has 0 bridgehead atoms. The second kappa shape index (κ2) is 6.46. The average molecular weight is 263 g/mol.